The van der Waals surface area contributed by atoms with Crippen molar-refractivity contribution in [3.05, 3.63) is 42.2 Å². The SMILES string of the molecule is NC(=O)c1ccncc1.O=C(O)/C=C/C(=O)O. The molecule has 0 aromatic carbocycles. The van der Waals surface area contributed by atoms with Gasteiger partial charge in [0.1, 0.15) is 0 Å². The van der Waals surface area contributed by atoms with Gasteiger partial charge in [0.2, 0.25) is 5.91 Å². The van der Waals surface area contributed by atoms with E-state index < -0.39 is 17.8 Å². The molecule has 1 heterocycles. The summed E-state index contributed by atoms with van der Waals surface area (Å²) in [4.78, 5) is 33.2. The van der Waals surface area contributed by atoms with Crippen LogP contribution in [0.3, 0.4) is 0 Å². The molecular formula is C10H10N2O5. The number of aromatic nitrogens is 1. The maximum absolute atomic E-state index is 10.4. The molecule has 1 aromatic heterocycles. The van der Waals surface area contributed by atoms with Crippen molar-refractivity contribution >= 4 is 17.8 Å². The minimum Gasteiger partial charge on any atom is -0.478 e. The number of amides is 1. The quantitative estimate of drug-likeness (QED) is 0.630. The number of hydrogen-bond donors (Lipinski definition) is 3. The predicted molar refractivity (Wildman–Crippen MR) is 57.2 cm³/mol. The highest BCUT2D eigenvalue weighted by molar-refractivity contribution is 5.92. The summed E-state index contributed by atoms with van der Waals surface area (Å²) in [5, 5.41) is 15.6. The van der Waals surface area contributed by atoms with Crippen molar-refractivity contribution in [2.45, 2.75) is 0 Å². The first-order chi connectivity index (χ1) is 7.93. The zero-order valence-corrected chi connectivity index (χ0v) is 8.61. The van der Waals surface area contributed by atoms with Crippen LogP contribution in [-0.2, 0) is 9.59 Å². The van der Waals surface area contributed by atoms with Crippen LogP contribution in [-0.4, -0.2) is 33.0 Å². The number of carboxylic acid groups (broad SMARTS) is 2. The van der Waals surface area contributed by atoms with Gasteiger partial charge < -0.3 is 15.9 Å². The number of primary amides is 1. The molecule has 0 saturated carbocycles. The molecule has 0 aliphatic carbocycles. The highest BCUT2D eigenvalue weighted by atomic mass is 16.4. The molecular weight excluding hydrogens is 228 g/mol. The second-order valence-electron chi connectivity index (χ2n) is 2.61. The fraction of sp³-hybridized carbons (Fsp3) is 0. The largest absolute Gasteiger partial charge is 0.478 e. The molecule has 0 unspecified atom stereocenters. The smallest absolute Gasteiger partial charge is 0.328 e. The Morgan fingerprint density at radius 3 is 1.71 bits per heavy atom. The molecule has 7 heteroatoms. The maximum atomic E-state index is 10.4. The molecule has 0 bridgehead atoms. The number of hydrogen-bond acceptors (Lipinski definition) is 4. The van der Waals surface area contributed by atoms with Crippen LogP contribution in [0.15, 0.2) is 36.7 Å². The summed E-state index contributed by atoms with van der Waals surface area (Å²) in [5.41, 5.74) is 5.44. The van der Waals surface area contributed by atoms with Crippen molar-refractivity contribution in [3.8, 4) is 0 Å². The molecule has 0 radical (unpaired) electrons. The van der Waals surface area contributed by atoms with E-state index in [0.29, 0.717) is 17.7 Å². The van der Waals surface area contributed by atoms with E-state index in [1.54, 1.807) is 12.1 Å². The fourth-order valence-electron chi connectivity index (χ4n) is 0.659. The van der Waals surface area contributed by atoms with Crippen LogP contribution in [0.25, 0.3) is 0 Å². The second-order valence-corrected chi connectivity index (χ2v) is 2.61. The number of rotatable bonds is 3. The molecule has 0 fully saturated rings. The van der Waals surface area contributed by atoms with Gasteiger partial charge in [0.05, 0.1) is 0 Å². The summed E-state index contributed by atoms with van der Waals surface area (Å²) in [6, 6.07) is 3.14. The maximum Gasteiger partial charge on any atom is 0.328 e. The van der Waals surface area contributed by atoms with Gasteiger partial charge in [0.25, 0.3) is 0 Å². The molecule has 0 saturated heterocycles. The highest BCUT2D eigenvalue weighted by Gasteiger charge is 1.94. The van der Waals surface area contributed by atoms with Crippen LogP contribution in [0.1, 0.15) is 10.4 Å². The Labute approximate surface area is 96.2 Å². The minimum absolute atomic E-state index is 0.419. The Balaban J connectivity index is 0.000000304. The van der Waals surface area contributed by atoms with Crippen molar-refractivity contribution in [1.29, 1.82) is 0 Å². The van der Waals surface area contributed by atoms with Gasteiger partial charge in [0, 0.05) is 30.1 Å². The summed E-state index contributed by atoms with van der Waals surface area (Å²) in [5.74, 6) is -2.93. The molecule has 1 amide bonds. The van der Waals surface area contributed by atoms with Crippen LogP contribution >= 0.6 is 0 Å². The molecule has 0 spiro atoms. The number of carbonyl (C=O) groups is 3. The van der Waals surface area contributed by atoms with E-state index >= 15 is 0 Å². The van der Waals surface area contributed by atoms with Gasteiger partial charge in [0.15, 0.2) is 0 Å². The first-order valence-electron chi connectivity index (χ1n) is 4.27. The molecule has 4 N–H and O–H groups in total. The lowest BCUT2D eigenvalue weighted by molar-refractivity contribution is -0.134. The zero-order valence-electron chi connectivity index (χ0n) is 8.61. The lowest BCUT2D eigenvalue weighted by atomic mass is 10.3. The Bertz CT molecular complexity index is 412. The number of pyridine rings is 1. The van der Waals surface area contributed by atoms with Crippen molar-refractivity contribution in [2.75, 3.05) is 0 Å². The van der Waals surface area contributed by atoms with Crippen molar-refractivity contribution in [3.63, 3.8) is 0 Å². The zero-order chi connectivity index (χ0) is 13.3. The fourth-order valence-corrected chi connectivity index (χ4v) is 0.659. The Morgan fingerprint density at radius 1 is 1.06 bits per heavy atom. The molecule has 90 valence electrons. The summed E-state index contributed by atoms with van der Waals surface area (Å²) in [6.45, 7) is 0. The van der Waals surface area contributed by atoms with Crippen LogP contribution < -0.4 is 5.73 Å². The average molecular weight is 238 g/mol. The Morgan fingerprint density at radius 2 is 1.47 bits per heavy atom. The van der Waals surface area contributed by atoms with Crippen molar-refractivity contribution in [2.24, 2.45) is 5.73 Å². The first kappa shape index (κ1) is 14.3. The summed E-state index contributed by atoms with van der Waals surface area (Å²) in [6.07, 6.45) is 4.17. The van der Waals surface area contributed by atoms with Gasteiger partial charge in [-0.25, -0.2) is 9.59 Å². The second kappa shape index (κ2) is 7.57. The monoisotopic (exact) mass is 238 g/mol. The molecule has 17 heavy (non-hydrogen) atoms. The molecule has 0 aliphatic heterocycles. The summed E-state index contributed by atoms with van der Waals surface area (Å²) >= 11 is 0. The lowest BCUT2D eigenvalue weighted by Crippen LogP contribution is -2.10. The number of carbonyl (C=O) groups excluding carboxylic acids is 1. The predicted octanol–water partition coefficient (Wildman–Crippen LogP) is -0.108. The van der Waals surface area contributed by atoms with Gasteiger partial charge in [-0.1, -0.05) is 0 Å². The van der Waals surface area contributed by atoms with E-state index in [1.165, 1.54) is 12.4 Å². The average Bonchev–Trinajstić information content (AvgIpc) is 2.28. The topological polar surface area (TPSA) is 131 Å². The van der Waals surface area contributed by atoms with Gasteiger partial charge >= 0.3 is 11.9 Å². The molecule has 0 aliphatic rings. The van der Waals surface area contributed by atoms with Gasteiger partial charge in [-0.05, 0) is 12.1 Å². The van der Waals surface area contributed by atoms with Gasteiger partial charge in [-0.15, -0.1) is 0 Å². The third-order valence-corrected chi connectivity index (χ3v) is 1.33. The molecule has 7 nitrogen and oxygen atoms in total. The van der Waals surface area contributed by atoms with Crippen LogP contribution in [0, 0.1) is 0 Å². The van der Waals surface area contributed by atoms with Crippen LogP contribution in [0.5, 0.6) is 0 Å². The standard InChI is InChI=1S/C6H6N2O.C4H4O4/c7-6(9)5-1-3-8-4-2-5;5-3(6)1-2-4(7)8/h1-4H,(H2,7,9);1-2H,(H,5,6)(H,7,8)/b;2-1+. The van der Waals surface area contributed by atoms with E-state index in [0.717, 1.165) is 0 Å². The van der Waals surface area contributed by atoms with Crippen LogP contribution in [0.2, 0.25) is 0 Å². The first-order valence-corrected chi connectivity index (χ1v) is 4.27. The summed E-state index contributed by atoms with van der Waals surface area (Å²) in [7, 11) is 0. The van der Waals surface area contributed by atoms with Crippen LogP contribution in [0.4, 0.5) is 0 Å². The third-order valence-electron chi connectivity index (χ3n) is 1.33. The van der Waals surface area contributed by atoms with E-state index in [2.05, 4.69) is 4.98 Å². The van der Waals surface area contributed by atoms with E-state index in [1.807, 2.05) is 0 Å². The van der Waals surface area contributed by atoms with Gasteiger partial charge in [-0.3, -0.25) is 9.78 Å². The Hall–Kier alpha value is -2.70. The Kier molecular flexibility index (Phi) is 6.37. The van der Waals surface area contributed by atoms with E-state index in [-0.39, 0.29) is 0 Å². The lowest BCUT2D eigenvalue weighted by Gasteiger charge is -1.88. The van der Waals surface area contributed by atoms with Gasteiger partial charge in [-0.2, -0.15) is 0 Å². The van der Waals surface area contributed by atoms with Crippen molar-refractivity contribution in [1.82, 2.24) is 4.98 Å². The minimum atomic E-state index is -1.26. The van der Waals surface area contributed by atoms with Crippen molar-refractivity contribution < 1.29 is 24.6 Å². The van der Waals surface area contributed by atoms with E-state index in [9.17, 15) is 14.4 Å². The molecule has 1 rings (SSSR count). The number of nitrogens with two attached hydrogens (primary N) is 1. The van der Waals surface area contributed by atoms with E-state index in [4.69, 9.17) is 15.9 Å². The molecule has 0 atom stereocenters. The molecule has 1 aromatic rings. The highest BCUT2D eigenvalue weighted by Crippen LogP contribution is 1.91. The normalized spacial score (nSPS) is 9.18. The number of aliphatic carboxylic acids is 2. The number of carboxylic acids is 2. The third kappa shape index (κ3) is 8.30. The summed E-state index contributed by atoms with van der Waals surface area (Å²) < 4.78 is 0. The number of nitrogens with zero attached hydrogens (tertiary/aromatic N) is 1.